The molecule has 0 N–H and O–H groups in total. The minimum absolute atomic E-state index is 0.206. The Kier molecular flexibility index (Phi) is 6.71. The standard InChI is InChI=1S/C19H31NO2/c1-19(2,3)17-7-9-18(10-8-17)22-14-6-4-5-11-20-12-15-21-16-13-20/h7-10H,4-6,11-16H2,1-3H3. The third-order valence-electron chi connectivity index (χ3n) is 4.21. The van der Waals surface area contributed by atoms with Gasteiger partial charge in [-0.15, -0.1) is 0 Å². The molecule has 3 nitrogen and oxygen atoms in total. The van der Waals surface area contributed by atoms with Crippen LogP contribution < -0.4 is 4.74 Å². The lowest BCUT2D eigenvalue weighted by Gasteiger charge is -2.26. The van der Waals surface area contributed by atoms with Crippen molar-refractivity contribution in [2.45, 2.75) is 45.4 Å². The number of nitrogens with zero attached hydrogens (tertiary/aromatic N) is 1. The van der Waals surface area contributed by atoms with Crippen LogP contribution in [-0.2, 0) is 10.2 Å². The quantitative estimate of drug-likeness (QED) is 0.714. The maximum absolute atomic E-state index is 5.83. The summed E-state index contributed by atoms with van der Waals surface area (Å²) >= 11 is 0. The van der Waals surface area contributed by atoms with Crippen LogP contribution in [0.1, 0.15) is 45.6 Å². The Balaban J connectivity index is 1.56. The Morgan fingerprint density at radius 2 is 1.68 bits per heavy atom. The number of morpholine rings is 1. The second-order valence-corrected chi connectivity index (χ2v) is 7.14. The summed E-state index contributed by atoms with van der Waals surface area (Å²) in [4.78, 5) is 2.50. The molecule has 0 aromatic heterocycles. The first-order valence-corrected chi connectivity index (χ1v) is 8.59. The predicted molar refractivity (Wildman–Crippen MR) is 91.7 cm³/mol. The number of ether oxygens (including phenoxy) is 2. The Labute approximate surface area is 135 Å². The zero-order valence-electron chi connectivity index (χ0n) is 14.4. The highest BCUT2D eigenvalue weighted by atomic mass is 16.5. The average Bonchev–Trinajstić information content (AvgIpc) is 2.51. The summed E-state index contributed by atoms with van der Waals surface area (Å²) in [6, 6.07) is 8.53. The van der Waals surface area contributed by atoms with E-state index < -0.39 is 0 Å². The van der Waals surface area contributed by atoms with Gasteiger partial charge in [0.15, 0.2) is 0 Å². The molecule has 0 aliphatic carbocycles. The number of hydrogen-bond acceptors (Lipinski definition) is 3. The average molecular weight is 305 g/mol. The molecule has 0 bridgehead atoms. The minimum atomic E-state index is 0.206. The SMILES string of the molecule is CC(C)(C)c1ccc(OCCCCCN2CCOCC2)cc1. The van der Waals surface area contributed by atoms with E-state index in [1.54, 1.807) is 0 Å². The molecule has 0 amide bonds. The van der Waals surface area contributed by atoms with Crippen molar-refractivity contribution in [2.24, 2.45) is 0 Å². The topological polar surface area (TPSA) is 21.7 Å². The van der Waals surface area contributed by atoms with E-state index in [1.165, 1.54) is 24.9 Å². The van der Waals surface area contributed by atoms with E-state index in [4.69, 9.17) is 9.47 Å². The number of benzene rings is 1. The molecule has 1 aliphatic rings. The maximum atomic E-state index is 5.83. The number of rotatable bonds is 7. The lowest BCUT2D eigenvalue weighted by Crippen LogP contribution is -2.36. The summed E-state index contributed by atoms with van der Waals surface area (Å²) in [7, 11) is 0. The highest BCUT2D eigenvalue weighted by Gasteiger charge is 2.13. The summed E-state index contributed by atoms with van der Waals surface area (Å²) in [5.41, 5.74) is 1.56. The van der Waals surface area contributed by atoms with Crippen LogP contribution in [0.25, 0.3) is 0 Å². The Morgan fingerprint density at radius 3 is 2.32 bits per heavy atom. The fourth-order valence-corrected chi connectivity index (χ4v) is 2.68. The number of hydrogen-bond donors (Lipinski definition) is 0. The van der Waals surface area contributed by atoms with Gasteiger partial charge < -0.3 is 9.47 Å². The van der Waals surface area contributed by atoms with Crippen LogP contribution >= 0.6 is 0 Å². The third kappa shape index (κ3) is 5.98. The lowest BCUT2D eigenvalue weighted by atomic mass is 9.87. The van der Waals surface area contributed by atoms with Gasteiger partial charge in [-0.3, -0.25) is 4.90 Å². The minimum Gasteiger partial charge on any atom is -0.494 e. The van der Waals surface area contributed by atoms with Crippen molar-refractivity contribution >= 4 is 0 Å². The van der Waals surface area contributed by atoms with Crippen molar-refractivity contribution in [3.8, 4) is 5.75 Å². The van der Waals surface area contributed by atoms with Crippen molar-refractivity contribution in [3.05, 3.63) is 29.8 Å². The molecule has 1 fully saturated rings. The van der Waals surface area contributed by atoms with Crippen molar-refractivity contribution in [3.63, 3.8) is 0 Å². The first-order valence-electron chi connectivity index (χ1n) is 8.59. The largest absolute Gasteiger partial charge is 0.494 e. The molecule has 0 saturated carbocycles. The molecule has 0 atom stereocenters. The van der Waals surface area contributed by atoms with Gasteiger partial charge >= 0.3 is 0 Å². The molecule has 1 heterocycles. The molecule has 0 unspecified atom stereocenters. The first-order chi connectivity index (χ1) is 10.6. The zero-order chi connectivity index (χ0) is 15.8. The summed E-state index contributed by atoms with van der Waals surface area (Å²) in [5, 5.41) is 0. The first kappa shape index (κ1) is 17.3. The molecule has 22 heavy (non-hydrogen) atoms. The highest BCUT2D eigenvalue weighted by Crippen LogP contribution is 2.24. The fraction of sp³-hybridized carbons (Fsp3) is 0.684. The molecule has 1 aromatic rings. The third-order valence-corrected chi connectivity index (χ3v) is 4.21. The van der Waals surface area contributed by atoms with E-state index in [2.05, 4.69) is 49.9 Å². The summed E-state index contributed by atoms with van der Waals surface area (Å²) in [5.74, 6) is 0.987. The summed E-state index contributed by atoms with van der Waals surface area (Å²) in [6.07, 6.45) is 3.62. The van der Waals surface area contributed by atoms with Crippen LogP contribution in [0.2, 0.25) is 0 Å². The van der Waals surface area contributed by atoms with Gasteiger partial charge in [-0.05, 0) is 48.9 Å². The Hall–Kier alpha value is -1.06. The van der Waals surface area contributed by atoms with Crippen LogP contribution in [0.4, 0.5) is 0 Å². The molecular weight excluding hydrogens is 274 g/mol. The molecular formula is C19H31NO2. The van der Waals surface area contributed by atoms with Crippen LogP contribution in [-0.4, -0.2) is 44.4 Å². The van der Waals surface area contributed by atoms with Crippen LogP contribution in [0.3, 0.4) is 0 Å². The van der Waals surface area contributed by atoms with Crippen molar-refractivity contribution in [1.29, 1.82) is 0 Å². The van der Waals surface area contributed by atoms with Gasteiger partial charge in [0, 0.05) is 13.1 Å². The lowest BCUT2D eigenvalue weighted by molar-refractivity contribution is 0.0370. The molecule has 124 valence electrons. The smallest absolute Gasteiger partial charge is 0.119 e. The van der Waals surface area contributed by atoms with Gasteiger partial charge in [0.25, 0.3) is 0 Å². The number of unbranched alkanes of at least 4 members (excludes halogenated alkanes) is 2. The maximum Gasteiger partial charge on any atom is 0.119 e. The molecule has 1 saturated heterocycles. The monoisotopic (exact) mass is 305 g/mol. The molecule has 0 radical (unpaired) electrons. The van der Waals surface area contributed by atoms with E-state index in [-0.39, 0.29) is 5.41 Å². The van der Waals surface area contributed by atoms with Crippen molar-refractivity contribution in [1.82, 2.24) is 4.90 Å². The van der Waals surface area contributed by atoms with Gasteiger partial charge in [-0.2, -0.15) is 0 Å². The molecule has 2 rings (SSSR count). The Morgan fingerprint density at radius 1 is 1.00 bits per heavy atom. The summed E-state index contributed by atoms with van der Waals surface area (Å²) in [6.45, 7) is 12.7. The zero-order valence-corrected chi connectivity index (χ0v) is 14.4. The van der Waals surface area contributed by atoms with E-state index in [0.717, 1.165) is 45.1 Å². The van der Waals surface area contributed by atoms with Crippen LogP contribution in [0.15, 0.2) is 24.3 Å². The van der Waals surface area contributed by atoms with E-state index in [9.17, 15) is 0 Å². The van der Waals surface area contributed by atoms with Gasteiger partial charge in [0.1, 0.15) is 5.75 Å². The predicted octanol–water partition coefficient (Wildman–Crippen LogP) is 3.87. The normalized spacial score (nSPS) is 16.7. The molecule has 3 heteroatoms. The summed E-state index contributed by atoms with van der Waals surface area (Å²) < 4.78 is 11.2. The highest BCUT2D eigenvalue weighted by molar-refractivity contribution is 5.31. The van der Waals surface area contributed by atoms with Gasteiger partial charge in [-0.25, -0.2) is 0 Å². The van der Waals surface area contributed by atoms with E-state index in [0.29, 0.717) is 0 Å². The fourth-order valence-electron chi connectivity index (χ4n) is 2.68. The van der Waals surface area contributed by atoms with E-state index >= 15 is 0 Å². The van der Waals surface area contributed by atoms with Crippen molar-refractivity contribution in [2.75, 3.05) is 39.5 Å². The second-order valence-electron chi connectivity index (χ2n) is 7.14. The molecule has 1 aromatic carbocycles. The van der Waals surface area contributed by atoms with E-state index in [1.807, 2.05) is 0 Å². The molecule has 0 spiro atoms. The second kappa shape index (κ2) is 8.54. The van der Waals surface area contributed by atoms with Crippen LogP contribution in [0.5, 0.6) is 5.75 Å². The van der Waals surface area contributed by atoms with Gasteiger partial charge in [0.05, 0.1) is 19.8 Å². The van der Waals surface area contributed by atoms with Gasteiger partial charge in [-0.1, -0.05) is 32.9 Å². The van der Waals surface area contributed by atoms with Gasteiger partial charge in [0.2, 0.25) is 0 Å². The van der Waals surface area contributed by atoms with Crippen molar-refractivity contribution < 1.29 is 9.47 Å². The van der Waals surface area contributed by atoms with Crippen LogP contribution in [0, 0.1) is 0 Å². The molecule has 1 aliphatic heterocycles. The Bertz CT molecular complexity index is 416.